The van der Waals surface area contributed by atoms with Gasteiger partial charge < -0.3 is 15.0 Å². The molecule has 102 valence electrons. The van der Waals surface area contributed by atoms with Crippen molar-refractivity contribution in [3.05, 3.63) is 0 Å². The SMILES string of the molecule is CCCNC1CCN(CCOCCC)CC1C. The maximum Gasteiger partial charge on any atom is 0.0593 e. The van der Waals surface area contributed by atoms with Gasteiger partial charge in [0.25, 0.3) is 0 Å². The van der Waals surface area contributed by atoms with Crippen LogP contribution >= 0.6 is 0 Å². The molecule has 1 fully saturated rings. The van der Waals surface area contributed by atoms with E-state index in [1.807, 2.05) is 0 Å². The zero-order chi connectivity index (χ0) is 12.5. The highest BCUT2D eigenvalue weighted by molar-refractivity contribution is 4.82. The zero-order valence-electron chi connectivity index (χ0n) is 11.9. The van der Waals surface area contributed by atoms with E-state index in [1.54, 1.807) is 0 Å². The maximum atomic E-state index is 5.56. The Hall–Kier alpha value is -0.120. The molecule has 0 aromatic rings. The average Bonchev–Trinajstić information content (AvgIpc) is 2.34. The van der Waals surface area contributed by atoms with Crippen molar-refractivity contribution in [1.29, 1.82) is 0 Å². The lowest BCUT2D eigenvalue weighted by molar-refractivity contribution is 0.0783. The van der Waals surface area contributed by atoms with Gasteiger partial charge in [-0.15, -0.1) is 0 Å². The molecule has 0 amide bonds. The second-order valence-electron chi connectivity index (χ2n) is 5.24. The predicted molar refractivity (Wildman–Crippen MR) is 73.4 cm³/mol. The Morgan fingerprint density at radius 1 is 1.24 bits per heavy atom. The molecule has 1 heterocycles. The number of hydrogen-bond acceptors (Lipinski definition) is 3. The molecule has 0 aromatic carbocycles. The Morgan fingerprint density at radius 3 is 2.71 bits per heavy atom. The summed E-state index contributed by atoms with van der Waals surface area (Å²) in [6, 6.07) is 0.725. The van der Waals surface area contributed by atoms with E-state index in [-0.39, 0.29) is 0 Å². The standard InChI is InChI=1S/C14H30N2O/c1-4-7-15-14-6-8-16(12-13(14)3)9-11-17-10-5-2/h13-15H,4-12H2,1-3H3. The Morgan fingerprint density at radius 2 is 2.06 bits per heavy atom. The number of ether oxygens (including phenoxy) is 1. The smallest absolute Gasteiger partial charge is 0.0593 e. The van der Waals surface area contributed by atoms with Crippen molar-refractivity contribution < 1.29 is 4.74 Å². The van der Waals surface area contributed by atoms with Crippen molar-refractivity contribution in [3.63, 3.8) is 0 Å². The predicted octanol–water partition coefficient (Wildman–Crippen LogP) is 2.12. The highest BCUT2D eigenvalue weighted by Crippen LogP contribution is 2.16. The Labute approximate surface area is 107 Å². The number of nitrogens with one attached hydrogen (secondary N) is 1. The van der Waals surface area contributed by atoms with Crippen LogP contribution in [0, 0.1) is 5.92 Å². The summed E-state index contributed by atoms with van der Waals surface area (Å²) in [6.07, 6.45) is 3.64. The van der Waals surface area contributed by atoms with E-state index < -0.39 is 0 Å². The summed E-state index contributed by atoms with van der Waals surface area (Å²) in [5, 5.41) is 3.66. The maximum absolute atomic E-state index is 5.56. The van der Waals surface area contributed by atoms with Gasteiger partial charge in [0, 0.05) is 25.7 Å². The fourth-order valence-electron chi connectivity index (χ4n) is 2.51. The summed E-state index contributed by atoms with van der Waals surface area (Å²) in [4.78, 5) is 2.55. The van der Waals surface area contributed by atoms with Gasteiger partial charge in [0.2, 0.25) is 0 Å². The van der Waals surface area contributed by atoms with E-state index in [0.29, 0.717) is 0 Å². The summed E-state index contributed by atoms with van der Waals surface area (Å²) < 4.78 is 5.56. The number of likely N-dealkylation sites (tertiary alicyclic amines) is 1. The van der Waals surface area contributed by atoms with E-state index >= 15 is 0 Å². The Bertz CT molecular complexity index is 187. The molecule has 0 aromatic heterocycles. The highest BCUT2D eigenvalue weighted by atomic mass is 16.5. The van der Waals surface area contributed by atoms with E-state index in [0.717, 1.165) is 44.7 Å². The first-order valence-electron chi connectivity index (χ1n) is 7.31. The summed E-state index contributed by atoms with van der Waals surface area (Å²) in [5.74, 6) is 0.765. The third-order valence-corrected chi connectivity index (χ3v) is 3.55. The summed E-state index contributed by atoms with van der Waals surface area (Å²) in [6.45, 7) is 13.3. The molecule has 1 saturated heterocycles. The third kappa shape index (κ3) is 5.84. The van der Waals surface area contributed by atoms with Gasteiger partial charge in [0.05, 0.1) is 6.61 Å². The molecule has 3 nitrogen and oxygen atoms in total. The fraction of sp³-hybridized carbons (Fsp3) is 1.00. The molecule has 1 aliphatic heterocycles. The van der Waals surface area contributed by atoms with Gasteiger partial charge in [0.15, 0.2) is 0 Å². The largest absolute Gasteiger partial charge is 0.380 e. The zero-order valence-corrected chi connectivity index (χ0v) is 11.9. The van der Waals surface area contributed by atoms with Crippen LogP contribution in [-0.4, -0.2) is 50.3 Å². The molecule has 0 aliphatic carbocycles. The van der Waals surface area contributed by atoms with Crippen LogP contribution in [0.4, 0.5) is 0 Å². The molecular weight excluding hydrogens is 212 g/mol. The lowest BCUT2D eigenvalue weighted by atomic mass is 9.94. The molecule has 3 heteroatoms. The highest BCUT2D eigenvalue weighted by Gasteiger charge is 2.24. The molecule has 0 radical (unpaired) electrons. The van der Waals surface area contributed by atoms with Crippen molar-refractivity contribution in [1.82, 2.24) is 10.2 Å². The van der Waals surface area contributed by atoms with Crippen LogP contribution in [0.25, 0.3) is 0 Å². The molecule has 2 unspecified atom stereocenters. The van der Waals surface area contributed by atoms with Gasteiger partial charge in [-0.3, -0.25) is 0 Å². The molecule has 0 bridgehead atoms. The molecule has 1 N–H and O–H groups in total. The minimum absolute atomic E-state index is 0.725. The van der Waals surface area contributed by atoms with Gasteiger partial charge in [-0.05, 0) is 38.3 Å². The van der Waals surface area contributed by atoms with Crippen molar-refractivity contribution in [3.8, 4) is 0 Å². The summed E-state index contributed by atoms with van der Waals surface area (Å²) in [7, 11) is 0. The van der Waals surface area contributed by atoms with Gasteiger partial charge in [-0.1, -0.05) is 20.8 Å². The second-order valence-corrected chi connectivity index (χ2v) is 5.24. The monoisotopic (exact) mass is 242 g/mol. The molecular formula is C14H30N2O. The van der Waals surface area contributed by atoms with E-state index in [2.05, 4.69) is 31.0 Å². The van der Waals surface area contributed by atoms with Gasteiger partial charge >= 0.3 is 0 Å². The second kappa shape index (κ2) is 8.90. The van der Waals surface area contributed by atoms with Gasteiger partial charge in [0.1, 0.15) is 0 Å². The van der Waals surface area contributed by atoms with Crippen LogP contribution in [0.5, 0.6) is 0 Å². The van der Waals surface area contributed by atoms with Crippen LogP contribution < -0.4 is 5.32 Å². The number of rotatable bonds is 8. The lowest BCUT2D eigenvalue weighted by Crippen LogP contribution is -2.49. The van der Waals surface area contributed by atoms with Gasteiger partial charge in [-0.25, -0.2) is 0 Å². The van der Waals surface area contributed by atoms with Crippen molar-refractivity contribution in [2.24, 2.45) is 5.92 Å². The fourth-order valence-corrected chi connectivity index (χ4v) is 2.51. The average molecular weight is 242 g/mol. The minimum Gasteiger partial charge on any atom is -0.380 e. The Kier molecular flexibility index (Phi) is 7.82. The molecule has 0 saturated carbocycles. The number of piperidine rings is 1. The number of nitrogens with zero attached hydrogens (tertiary/aromatic N) is 1. The van der Waals surface area contributed by atoms with Crippen LogP contribution in [0.15, 0.2) is 0 Å². The van der Waals surface area contributed by atoms with Crippen molar-refractivity contribution >= 4 is 0 Å². The molecule has 2 atom stereocenters. The third-order valence-electron chi connectivity index (χ3n) is 3.55. The van der Waals surface area contributed by atoms with Gasteiger partial charge in [-0.2, -0.15) is 0 Å². The van der Waals surface area contributed by atoms with E-state index in [9.17, 15) is 0 Å². The van der Waals surface area contributed by atoms with Crippen molar-refractivity contribution in [2.45, 2.75) is 46.1 Å². The summed E-state index contributed by atoms with van der Waals surface area (Å²) in [5.41, 5.74) is 0. The van der Waals surface area contributed by atoms with Crippen LogP contribution in [0.3, 0.4) is 0 Å². The van der Waals surface area contributed by atoms with Crippen molar-refractivity contribution in [2.75, 3.05) is 39.4 Å². The van der Waals surface area contributed by atoms with E-state index in [1.165, 1.54) is 25.9 Å². The molecule has 0 spiro atoms. The molecule has 1 rings (SSSR count). The first-order chi connectivity index (χ1) is 8.27. The molecule has 17 heavy (non-hydrogen) atoms. The number of hydrogen-bond donors (Lipinski definition) is 1. The van der Waals surface area contributed by atoms with Crippen LogP contribution in [-0.2, 0) is 4.74 Å². The Balaban J connectivity index is 2.13. The first kappa shape index (κ1) is 14.9. The summed E-state index contributed by atoms with van der Waals surface area (Å²) >= 11 is 0. The van der Waals surface area contributed by atoms with Crippen LogP contribution in [0.1, 0.15) is 40.0 Å². The quantitative estimate of drug-likeness (QED) is 0.660. The van der Waals surface area contributed by atoms with Crippen LogP contribution in [0.2, 0.25) is 0 Å². The van der Waals surface area contributed by atoms with E-state index in [4.69, 9.17) is 4.74 Å². The molecule has 1 aliphatic rings. The minimum atomic E-state index is 0.725. The normalized spacial score (nSPS) is 26.3. The first-order valence-corrected chi connectivity index (χ1v) is 7.31. The topological polar surface area (TPSA) is 24.5 Å². The lowest BCUT2D eigenvalue weighted by Gasteiger charge is -2.37.